The fourth-order valence-electron chi connectivity index (χ4n) is 2.05. The molecule has 1 aliphatic rings. The van der Waals surface area contributed by atoms with E-state index in [0.717, 1.165) is 18.4 Å². The van der Waals surface area contributed by atoms with Gasteiger partial charge in [0.15, 0.2) is 5.78 Å². The van der Waals surface area contributed by atoms with Gasteiger partial charge in [0.2, 0.25) is 0 Å². The predicted molar refractivity (Wildman–Crippen MR) is 75.0 cm³/mol. The van der Waals surface area contributed by atoms with Crippen molar-refractivity contribution in [2.45, 2.75) is 53.1 Å². The maximum absolute atomic E-state index is 11.9. The van der Waals surface area contributed by atoms with Gasteiger partial charge in [0.05, 0.1) is 0 Å². The van der Waals surface area contributed by atoms with Gasteiger partial charge in [-0.3, -0.25) is 4.79 Å². The van der Waals surface area contributed by atoms with Crippen molar-refractivity contribution in [3.8, 4) is 0 Å². The number of carbonyl (C=O) groups is 2. The first-order valence-corrected chi connectivity index (χ1v) is 6.86. The highest BCUT2D eigenvalue weighted by Gasteiger charge is 2.26. The first-order chi connectivity index (χ1) is 8.69. The van der Waals surface area contributed by atoms with Crippen molar-refractivity contribution < 1.29 is 14.3 Å². The van der Waals surface area contributed by atoms with Gasteiger partial charge in [-0.05, 0) is 59.0 Å². The van der Waals surface area contributed by atoms with Crippen LogP contribution in [0.5, 0.6) is 0 Å². The summed E-state index contributed by atoms with van der Waals surface area (Å²) in [6.45, 7) is 10.4. The van der Waals surface area contributed by atoms with Gasteiger partial charge in [0, 0.05) is 13.1 Å². The van der Waals surface area contributed by atoms with E-state index in [1.807, 2.05) is 33.8 Å². The first kappa shape index (κ1) is 15.7. The van der Waals surface area contributed by atoms with Gasteiger partial charge in [-0.2, -0.15) is 0 Å². The quantitative estimate of drug-likeness (QED) is 0.722. The summed E-state index contributed by atoms with van der Waals surface area (Å²) in [5.74, 6) is 0.511. The number of carbonyl (C=O) groups excluding carboxylic acids is 2. The van der Waals surface area contributed by atoms with E-state index in [1.54, 1.807) is 11.8 Å². The van der Waals surface area contributed by atoms with Gasteiger partial charge < -0.3 is 9.64 Å². The Kier molecular flexibility index (Phi) is 5.15. The molecular weight excluding hydrogens is 242 g/mol. The molecule has 1 aliphatic heterocycles. The molecule has 0 aromatic heterocycles. The van der Waals surface area contributed by atoms with Crippen LogP contribution in [0.25, 0.3) is 0 Å². The van der Waals surface area contributed by atoms with Gasteiger partial charge in [-0.15, -0.1) is 0 Å². The van der Waals surface area contributed by atoms with Crippen LogP contribution in [0.15, 0.2) is 11.6 Å². The van der Waals surface area contributed by atoms with Gasteiger partial charge in [0.25, 0.3) is 0 Å². The summed E-state index contributed by atoms with van der Waals surface area (Å²) in [5.41, 5.74) is 0.370. The third kappa shape index (κ3) is 5.45. The molecule has 1 heterocycles. The van der Waals surface area contributed by atoms with Crippen LogP contribution < -0.4 is 0 Å². The molecule has 1 saturated heterocycles. The first-order valence-electron chi connectivity index (χ1n) is 6.86. The number of nitrogens with zero attached hydrogens (tertiary/aromatic N) is 1. The SMILES string of the molecule is CC(=O)/C(C)=C\C1CCN(C(=O)OC(C)(C)C)CC1. The fraction of sp³-hybridized carbons (Fsp3) is 0.733. The Hall–Kier alpha value is -1.32. The Morgan fingerprint density at radius 2 is 1.68 bits per heavy atom. The zero-order chi connectivity index (χ0) is 14.6. The lowest BCUT2D eigenvalue weighted by Gasteiger charge is -2.32. The molecule has 0 radical (unpaired) electrons. The highest BCUT2D eigenvalue weighted by atomic mass is 16.6. The lowest BCUT2D eigenvalue weighted by molar-refractivity contribution is -0.113. The number of hydrogen-bond acceptors (Lipinski definition) is 3. The van der Waals surface area contributed by atoms with E-state index in [9.17, 15) is 9.59 Å². The second-order valence-corrected chi connectivity index (χ2v) is 6.21. The molecule has 0 N–H and O–H groups in total. The van der Waals surface area contributed by atoms with Crippen LogP contribution in [0.4, 0.5) is 4.79 Å². The van der Waals surface area contributed by atoms with Crippen molar-refractivity contribution in [2.24, 2.45) is 5.92 Å². The van der Waals surface area contributed by atoms with Crippen molar-refractivity contribution >= 4 is 11.9 Å². The second kappa shape index (κ2) is 6.22. The van der Waals surface area contributed by atoms with Crippen LogP contribution in [0, 0.1) is 5.92 Å². The topological polar surface area (TPSA) is 46.6 Å². The van der Waals surface area contributed by atoms with Crippen LogP contribution in [-0.2, 0) is 9.53 Å². The standard InChI is InChI=1S/C15H25NO3/c1-11(12(2)17)10-13-6-8-16(9-7-13)14(18)19-15(3,4)5/h10,13H,6-9H2,1-5H3/b11-10-. The molecule has 0 aromatic carbocycles. The summed E-state index contributed by atoms with van der Waals surface area (Å²) in [6, 6.07) is 0. The minimum atomic E-state index is -0.445. The Bertz CT molecular complexity index is 371. The average molecular weight is 267 g/mol. The number of piperidine rings is 1. The van der Waals surface area contributed by atoms with E-state index in [2.05, 4.69) is 0 Å². The molecule has 0 spiro atoms. The Morgan fingerprint density at radius 3 is 2.11 bits per heavy atom. The zero-order valence-corrected chi connectivity index (χ0v) is 12.7. The normalized spacial score (nSPS) is 18.4. The predicted octanol–water partition coefficient (Wildman–Crippen LogP) is 3.17. The summed E-state index contributed by atoms with van der Waals surface area (Å²) in [4.78, 5) is 24.8. The highest BCUT2D eigenvalue weighted by Crippen LogP contribution is 2.21. The number of rotatable bonds is 2. The van der Waals surface area contributed by atoms with E-state index in [1.165, 1.54) is 0 Å². The molecule has 1 rings (SSSR count). The molecule has 0 unspecified atom stereocenters. The minimum Gasteiger partial charge on any atom is -0.444 e. The van der Waals surface area contributed by atoms with Crippen LogP contribution in [0.1, 0.15) is 47.5 Å². The smallest absolute Gasteiger partial charge is 0.410 e. The van der Waals surface area contributed by atoms with Crippen LogP contribution in [0.2, 0.25) is 0 Å². The van der Waals surface area contributed by atoms with Crippen molar-refractivity contribution in [3.63, 3.8) is 0 Å². The number of allylic oxidation sites excluding steroid dienone is 2. The summed E-state index contributed by atoms with van der Waals surface area (Å²) in [7, 11) is 0. The van der Waals surface area contributed by atoms with Crippen molar-refractivity contribution in [2.75, 3.05) is 13.1 Å². The van der Waals surface area contributed by atoms with E-state index < -0.39 is 5.60 Å². The van der Waals surface area contributed by atoms with Crippen LogP contribution >= 0.6 is 0 Å². The number of ketones is 1. The summed E-state index contributed by atoms with van der Waals surface area (Å²) in [5, 5.41) is 0. The summed E-state index contributed by atoms with van der Waals surface area (Å²) >= 11 is 0. The molecule has 0 aromatic rings. The van der Waals surface area contributed by atoms with Gasteiger partial charge in [-0.1, -0.05) is 6.08 Å². The zero-order valence-electron chi connectivity index (χ0n) is 12.7. The fourth-order valence-corrected chi connectivity index (χ4v) is 2.05. The van der Waals surface area contributed by atoms with Crippen molar-refractivity contribution in [1.82, 2.24) is 4.90 Å². The second-order valence-electron chi connectivity index (χ2n) is 6.21. The maximum Gasteiger partial charge on any atom is 0.410 e. The molecule has 1 amide bonds. The molecule has 1 fully saturated rings. The molecule has 0 bridgehead atoms. The lowest BCUT2D eigenvalue weighted by Crippen LogP contribution is -2.41. The van der Waals surface area contributed by atoms with E-state index in [0.29, 0.717) is 19.0 Å². The van der Waals surface area contributed by atoms with E-state index >= 15 is 0 Å². The molecule has 108 valence electrons. The molecule has 4 heteroatoms. The monoisotopic (exact) mass is 267 g/mol. The van der Waals surface area contributed by atoms with Crippen molar-refractivity contribution in [3.05, 3.63) is 11.6 Å². The minimum absolute atomic E-state index is 0.120. The molecular formula is C15H25NO3. The highest BCUT2D eigenvalue weighted by molar-refractivity contribution is 5.92. The van der Waals surface area contributed by atoms with Gasteiger partial charge in [0.1, 0.15) is 5.60 Å². The average Bonchev–Trinajstić information content (AvgIpc) is 2.27. The number of likely N-dealkylation sites (tertiary alicyclic amines) is 1. The van der Waals surface area contributed by atoms with Gasteiger partial charge >= 0.3 is 6.09 Å². The number of hydrogen-bond donors (Lipinski definition) is 0. The Morgan fingerprint density at radius 1 is 1.16 bits per heavy atom. The van der Waals surface area contributed by atoms with E-state index in [-0.39, 0.29) is 11.9 Å². The Balaban J connectivity index is 2.47. The number of Topliss-reactive ketones (excluding diaryl/α,β-unsaturated/α-hetero) is 1. The van der Waals surface area contributed by atoms with Gasteiger partial charge in [-0.25, -0.2) is 4.79 Å². The number of amides is 1. The third-order valence-electron chi connectivity index (χ3n) is 3.23. The number of ether oxygens (including phenoxy) is 1. The Labute approximate surface area is 115 Å². The molecule has 0 atom stereocenters. The van der Waals surface area contributed by atoms with Crippen LogP contribution in [-0.4, -0.2) is 35.5 Å². The molecule has 0 aliphatic carbocycles. The van der Waals surface area contributed by atoms with Crippen LogP contribution in [0.3, 0.4) is 0 Å². The largest absolute Gasteiger partial charge is 0.444 e. The summed E-state index contributed by atoms with van der Waals surface area (Å²) < 4.78 is 5.35. The molecule has 0 saturated carbocycles. The molecule has 4 nitrogen and oxygen atoms in total. The van der Waals surface area contributed by atoms with E-state index in [4.69, 9.17) is 4.74 Å². The third-order valence-corrected chi connectivity index (χ3v) is 3.23. The lowest BCUT2D eigenvalue weighted by atomic mass is 9.94. The summed E-state index contributed by atoms with van der Waals surface area (Å²) in [6.07, 6.45) is 3.58. The van der Waals surface area contributed by atoms with Crippen molar-refractivity contribution in [1.29, 1.82) is 0 Å². The molecule has 19 heavy (non-hydrogen) atoms. The maximum atomic E-state index is 11.9.